The normalized spacial score (nSPS) is 27.3. The lowest BCUT2D eigenvalue weighted by atomic mass is 10.1. The Kier molecular flexibility index (Phi) is 2.90. The van der Waals surface area contributed by atoms with Crippen LogP contribution in [0.5, 0.6) is 0 Å². The van der Waals surface area contributed by atoms with Crippen LogP contribution in [0.15, 0.2) is 0 Å². The number of hydrogen-bond donors (Lipinski definition) is 1. The van der Waals surface area contributed by atoms with Gasteiger partial charge in [-0.25, -0.2) is 0 Å². The largest absolute Gasteiger partial charge is 0.469 e. The number of ether oxygens (including phenoxy) is 1. The maximum absolute atomic E-state index is 11.6. The van der Waals surface area contributed by atoms with Gasteiger partial charge < -0.3 is 10.1 Å². The summed E-state index contributed by atoms with van der Waals surface area (Å²) in [6.07, 6.45) is 2.45. The van der Waals surface area contributed by atoms with E-state index in [2.05, 4.69) is 15.0 Å². The van der Waals surface area contributed by atoms with E-state index in [1.807, 2.05) is 0 Å². The molecular weight excluding hydrogens is 196 g/mol. The first-order chi connectivity index (χ1) is 7.22. The van der Waals surface area contributed by atoms with Crippen molar-refractivity contribution in [2.75, 3.05) is 20.2 Å². The molecule has 0 aromatic rings. The first kappa shape index (κ1) is 10.4. The third-order valence-electron chi connectivity index (χ3n) is 2.98. The number of esters is 1. The molecule has 0 spiro atoms. The number of rotatable bonds is 3. The van der Waals surface area contributed by atoms with E-state index in [-0.39, 0.29) is 24.3 Å². The highest BCUT2D eigenvalue weighted by Crippen LogP contribution is 2.30. The van der Waals surface area contributed by atoms with Gasteiger partial charge in [0.1, 0.15) is 0 Å². The second-order valence-corrected chi connectivity index (χ2v) is 4.06. The molecule has 5 nitrogen and oxygen atoms in total. The fraction of sp³-hybridized carbons (Fsp3) is 0.800. The molecule has 84 valence electrons. The summed E-state index contributed by atoms with van der Waals surface area (Å²) in [6, 6.07) is 0.185. The Labute approximate surface area is 88.8 Å². The monoisotopic (exact) mass is 212 g/mol. The molecule has 2 rings (SSSR count). The summed E-state index contributed by atoms with van der Waals surface area (Å²) in [6.45, 7) is 1.53. The number of carbonyl (C=O) groups excluding carboxylic acids is 2. The second-order valence-electron chi connectivity index (χ2n) is 4.06. The number of hydrogen-bond acceptors (Lipinski definition) is 4. The van der Waals surface area contributed by atoms with E-state index in [0.29, 0.717) is 12.6 Å². The smallest absolute Gasteiger partial charge is 0.307 e. The van der Waals surface area contributed by atoms with E-state index in [1.54, 1.807) is 0 Å². The number of piperazine rings is 1. The highest BCUT2D eigenvalue weighted by molar-refractivity contribution is 5.87. The first-order valence-corrected chi connectivity index (χ1v) is 5.32. The summed E-state index contributed by atoms with van der Waals surface area (Å²) in [4.78, 5) is 24.9. The maximum Gasteiger partial charge on any atom is 0.307 e. The van der Waals surface area contributed by atoms with E-state index in [9.17, 15) is 9.59 Å². The van der Waals surface area contributed by atoms with Crippen LogP contribution in [0, 0.1) is 0 Å². The molecular formula is C10H16N2O3. The summed E-state index contributed by atoms with van der Waals surface area (Å²) in [5.74, 6) is -0.360. The molecule has 0 aromatic heterocycles. The molecule has 5 heteroatoms. The molecule has 1 atom stereocenters. The highest BCUT2D eigenvalue weighted by atomic mass is 16.5. The summed E-state index contributed by atoms with van der Waals surface area (Å²) in [5, 5.41) is 2.79. The Morgan fingerprint density at radius 3 is 2.93 bits per heavy atom. The number of nitrogens with zero attached hydrogens (tertiary/aromatic N) is 1. The van der Waals surface area contributed by atoms with Crippen molar-refractivity contribution in [2.45, 2.75) is 31.3 Å². The van der Waals surface area contributed by atoms with Crippen molar-refractivity contribution in [1.82, 2.24) is 10.2 Å². The molecule has 1 saturated carbocycles. The van der Waals surface area contributed by atoms with Gasteiger partial charge in [-0.2, -0.15) is 0 Å². The Hall–Kier alpha value is -1.10. The van der Waals surface area contributed by atoms with Crippen LogP contribution >= 0.6 is 0 Å². The predicted octanol–water partition coefficient (Wildman–Crippen LogP) is -0.488. The van der Waals surface area contributed by atoms with Crippen LogP contribution in [0.25, 0.3) is 0 Å². The summed E-state index contributed by atoms with van der Waals surface area (Å²) >= 11 is 0. The average Bonchev–Trinajstić information content (AvgIpc) is 3.04. The molecule has 2 fully saturated rings. The fourth-order valence-corrected chi connectivity index (χ4v) is 2.03. The quantitative estimate of drug-likeness (QED) is 0.641. The van der Waals surface area contributed by atoms with Gasteiger partial charge in [0.2, 0.25) is 5.91 Å². The molecule has 0 radical (unpaired) electrons. The minimum absolute atomic E-state index is 0.0430. The minimum Gasteiger partial charge on any atom is -0.469 e. The van der Waals surface area contributed by atoms with Gasteiger partial charge in [0, 0.05) is 19.1 Å². The van der Waals surface area contributed by atoms with Crippen molar-refractivity contribution >= 4 is 11.9 Å². The van der Waals surface area contributed by atoms with Crippen LogP contribution in [0.1, 0.15) is 19.3 Å². The van der Waals surface area contributed by atoms with Crippen LogP contribution < -0.4 is 5.32 Å². The predicted molar refractivity (Wildman–Crippen MR) is 53.2 cm³/mol. The van der Waals surface area contributed by atoms with Crippen molar-refractivity contribution in [3.8, 4) is 0 Å². The zero-order valence-electron chi connectivity index (χ0n) is 8.86. The third kappa shape index (κ3) is 2.28. The first-order valence-electron chi connectivity index (χ1n) is 5.32. The summed E-state index contributed by atoms with van der Waals surface area (Å²) < 4.78 is 4.60. The Morgan fingerprint density at radius 1 is 1.60 bits per heavy atom. The molecule has 1 aliphatic heterocycles. The Bertz CT molecular complexity index is 276. The van der Waals surface area contributed by atoms with Crippen LogP contribution in [0.4, 0.5) is 0 Å². The Morgan fingerprint density at radius 2 is 2.33 bits per heavy atom. The van der Waals surface area contributed by atoms with Crippen LogP contribution in [0.3, 0.4) is 0 Å². The number of methoxy groups -OCH3 is 1. The molecule has 15 heavy (non-hydrogen) atoms. The second kappa shape index (κ2) is 4.18. The molecule has 1 saturated heterocycles. The minimum atomic E-state index is -0.321. The van der Waals surface area contributed by atoms with Crippen molar-refractivity contribution < 1.29 is 14.3 Å². The van der Waals surface area contributed by atoms with E-state index >= 15 is 0 Å². The van der Waals surface area contributed by atoms with Crippen LogP contribution in [-0.4, -0.2) is 49.1 Å². The number of carbonyl (C=O) groups is 2. The summed E-state index contributed by atoms with van der Waals surface area (Å²) in [5.41, 5.74) is 0. The molecule has 1 heterocycles. The zero-order chi connectivity index (χ0) is 10.8. The van der Waals surface area contributed by atoms with E-state index in [0.717, 1.165) is 19.4 Å². The van der Waals surface area contributed by atoms with Gasteiger partial charge in [-0.1, -0.05) is 0 Å². The lowest BCUT2D eigenvalue weighted by molar-refractivity contribution is -0.146. The van der Waals surface area contributed by atoms with Crippen molar-refractivity contribution in [3.05, 3.63) is 0 Å². The highest BCUT2D eigenvalue weighted by Gasteiger charge is 2.40. The SMILES string of the molecule is COC(=O)CC1C(=O)NCCN1C1CC1. The van der Waals surface area contributed by atoms with E-state index in [4.69, 9.17) is 0 Å². The number of amides is 1. The molecule has 1 unspecified atom stereocenters. The molecule has 1 N–H and O–H groups in total. The zero-order valence-corrected chi connectivity index (χ0v) is 8.86. The van der Waals surface area contributed by atoms with Gasteiger partial charge in [-0.3, -0.25) is 14.5 Å². The lowest BCUT2D eigenvalue weighted by Crippen LogP contribution is -2.56. The maximum atomic E-state index is 11.6. The topological polar surface area (TPSA) is 58.6 Å². The van der Waals surface area contributed by atoms with Crippen molar-refractivity contribution in [1.29, 1.82) is 0 Å². The van der Waals surface area contributed by atoms with Gasteiger partial charge in [-0.15, -0.1) is 0 Å². The van der Waals surface area contributed by atoms with Gasteiger partial charge in [0.05, 0.1) is 19.6 Å². The third-order valence-corrected chi connectivity index (χ3v) is 2.98. The lowest BCUT2D eigenvalue weighted by Gasteiger charge is -2.34. The van der Waals surface area contributed by atoms with Gasteiger partial charge >= 0.3 is 5.97 Å². The standard InChI is InChI=1S/C10H16N2O3/c1-15-9(13)6-8-10(14)11-4-5-12(8)7-2-3-7/h7-8H,2-6H2,1H3,(H,11,14). The van der Waals surface area contributed by atoms with E-state index < -0.39 is 0 Å². The van der Waals surface area contributed by atoms with Gasteiger partial charge in [0.25, 0.3) is 0 Å². The van der Waals surface area contributed by atoms with E-state index in [1.165, 1.54) is 7.11 Å². The average molecular weight is 212 g/mol. The number of nitrogens with one attached hydrogen (secondary N) is 1. The molecule has 0 bridgehead atoms. The summed E-state index contributed by atoms with van der Waals surface area (Å²) in [7, 11) is 1.35. The van der Waals surface area contributed by atoms with Crippen molar-refractivity contribution in [2.24, 2.45) is 0 Å². The van der Waals surface area contributed by atoms with Crippen LogP contribution in [-0.2, 0) is 14.3 Å². The molecule has 1 amide bonds. The molecule has 0 aromatic carbocycles. The van der Waals surface area contributed by atoms with Crippen LogP contribution in [0.2, 0.25) is 0 Å². The molecule has 2 aliphatic rings. The van der Waals surface area contributed by atoms with Gasteiger partial charge in [-0.05, 0) is 12.8 Å². The Balaban J connectivity index is 2.01. The molecule has 1 aliphatic carbocycles. The fourth-order valence-electron chi connectivity index (χ4n) is 2.03. The van der Waals surface area contributed by atoms with Gasteiger partial charge in [0.15, 0.2) is 0 Å². The van der Waals surface area contributed by atoms with Crippen molar-refractivity contribution in [3.63, 3.8) is 0 Å².